The van der Waals surface area contributed by atoms with Crippen LogP contribution < -0.4 is 0 Å². The lowest BCUT2D eigenvalue weighted by molar-refractivity contribution is -0.137. The summed E-state index contributed by atoms with van der Waals surface area (Å²) in [6, 6.07) is 0. The Hall–Kier alpha value is -0.570. The Kier molecular flexibility index (Phi) is 34.1. The standard InChI is InChI=1S/C37H75NO2/c1-3-5-7-9-11-13-15-17-19-21-23-25-27-29-31-34-38(36-33-37(39)40)35-32-30-28-26-24-22-20-18-16-14-12-10-8-6-4-2/h3-36H2,1-2H3,(H,39,40). The van der Waals surface area contributed by atoms with Crippen molar-refractivity contribution >= 4 is 5.97 Å². The average Bonchev–Trinajstić information content (AvgIpc) is 2.95. The highest BCUT2D eigenvalue weighted by atomic mass is 16.4. The maximum atomic E-state index is 11.1. The van der Waals surface area contributed by atoms with Gasteiger partial charge in [-0.2, -0.15) is 0 Å². The fraction of sp³-hybridized carbons (Fsp3) is 0.973. The van der Waals surface area contributed by atoms with E-state index in [9.17, 15) is 4.79 Å². The maximum absolute atomic E-state index is 11.1. The molecule has 3 heteroatoms. The van der Waals surface area contributed by atoms with Crippen LogP contribution >= 0.6 is 0 Å². The van der Waals surface area contributed by atoms with E-state index in [1.807, 2.05) is 0 Å². The van der Waals surface area contributed by atoms with Crippen LogP contribution in [0.4, 0.5) is 0 Å². The Morgan fingerprint density at radius 3 is 0.825 bits per heavy atom. The molecule has 0 aromatic carbocycles. The molecule has 0 aliphatic rings. The van der Waals surface area contributed by atoms with E-state index in [4.69, 9.17) is 5.11 Å². The van der Waals surface area contributed by atoms with E-state index in [1.165, 1.54) is 193 Å². The summed E-state index contributed by atoms with van der Waals surface area (Å²) in [6.07, 6.45) is 42.2. The summed E-state index contributed by atoms with van der Waals surface area (Å²) in [7, 11) is 0. The molecule has 0 rings (SSSR count). The van der Waals surface area contributed by atoms with Crippen molar-refractivity contribution in [3.63, 3.8) is 0 Å². The van der Waals surface area contributed by atoms with Gasteiger partial charge in [0.1, 0.15) is 0 Å². The second-order valence-electron chi connectivity index (χ2n) is 12.9. The molecule has 0 fully saturated rings. The first-order valence-electron chi connectivity index (χ1n) is 18.6. The lowest BCUT2D eigenvalue weighted by Crippen LogP contribution is -2.28. The molecule has 240 valence electrons. The third-order valence-corrected chi connectivity index (χ3v) is 8.80. The number of aliphatic carboxylic acids is 1. The number of carbonyl (C=O) groups is 1. The van der Waals surface area contributed by atoms with Crippen molar-refractivity contribution in [2.24, 2.45) is 0 Å². The molecule has 1 N–H and O–H groups in total. The van der Waals surface area contributed by atoms with Crippen LogP contribution in [0.1, 0.15) is 213 Å². The van der Waals surface area contributed by atoms with Gasteiger partial charge in [0.2, 0.25) is 0 Å². The van der Waals surface area contributed by atoms with Gasteiger partial charge in [-0.1, -0.05) is 194 Å². The van der Waals surface area contributed by atoms with Crippen molar-refractivity contribution in [3.05, 3.63) is 0 Å². The summed E-state index contributed by atoms with van der Waals surface area (Å²) in [6.45, 7) is 7.49. The molecule has 0 unspecified atom stereocenters. The number of carboxylic acids is 1. The van der Waals surface area contributed by atoms with Crippen LogP contribution in [0.2, 0.25) is 0 Å². The minimum atomic E-state index is -0.655. The predicted molar refractivity (Wildman–Crippen MR) is 179 cm³/mol. The van der Waals surface area contributed by atoms with E-state index < -0.39 is 5.97 Å². The van der Waals surface area contributed by atoms with Crippen molar-refractivity contribution in [2.75, 3.05) is 19.6 Å². The topological polar surface area (TPSA) is 40.5 Å². The Morgan fingerprint density at radius 2 is 0.600 bits per heavy atom. The summed E-state index contributed by atoms with van der Waals surface area (Å²) in [5, 5.41) is 9.14. The van der Waals surface area contributed by atoms with E-state index in [0.29, 0.717) is 0 Å². The zero-order chi connectivity index (χ0) is 29.2. The van der Waals surface area contributed by atoms with E-state index in [1.54, 1.807) is 0 Å². The third kappa shape index (κ3) is 33.6. The van der Waals surface area contributed by atoms with Gasteiger partial charge in [-0.05, 0) is 25.9 Å². The van der Waals surface area contributed by atoms with Crippen LogP contribution in [0, 0.1) is 0 Å². The van der Waals surface area contributed by atoms with Crippen molar-refractivity contribution in [2.45, 2.75) is 213 Å². The minimum absolute atomic E-state index is 0.289. The van der Waals surface area contributed by atoms with Crippen molar-refractivity contribution in [1.29, 1.82) is 0 Å². The molecule has 0 radical (unpaired) electrons. The van der Waals surface area contributed by atoms with Crippen molar-refractivity contribution < 1.29 is 9.90 Å². The lowest BCUT2D eigenvalue weighted by Gasteiger charge is -2.21. The summed E-state index contributed by atoms with van der Waals surface area (Å²) >= 11 is 0. The molecular weight excluding hydrogens is 490 g/mol. The molecule has 0 aromatic heterocycles. The summed E-state index contributed by atoms with van der Waals surface area (Å²) in [4.78, 5) is 13.5. The second-order valence-corrected chi connectivity index (χ2v) is 12.9. The minimum Gasteiger partial charge on any atom is -0.481 e. The van der Waals surface area contributed by atoms with Gasteiger partial charge < -0.3 is 10.0 Å². The van der Waals surface area contributed by atoms with Crippen LogP contribution in [0.3, 0.4) is 0 Å². The van der Waals surface area contributed by atoms with Crippen molar-refractivity contribution in [3.8, 4) is 0 Å². The molecule has 40 heavy (non-hydrogen) atoms. The first-order chi connectivity index (χ1) is 19.7. The van der Waals surface area contributed by atoms with Crippen LogP contribution in [0.15, 0.2) is 0 Å². The van der Waals surface area contributed by atoms with E-state index >= 15 is 0 Å². The molecule has 0 saturated heterocycles. The molecule has 0 heterocycles. The molecule has 0 bridgehead atoms. The highest BCUT2D eigenvalue weighted by molar-refractivity contribution is 5.66. The lowest BCUT2D eigenvalue weighted by atomic mass is 10.0. The van der Waals surface area contributed by atoms with Gasteiger partial charge in [0.25, 0.3) is 0 Å². The van der Waals surface area contributed by atoms with Gasteiger partial charge >= 0.3 is 5.97 Å². The number of rotatable bonds is 35. The highest BCUT2D eigenvalue weighted by Gasteiger charge is 2.07. The second kappa shape index (κ2) is 34.6. The van der Waals surface area contributed by atoms with E-state index in [2.05, 4.69) is 18.7 Å². The maximum Gasteiger partial charge on any atom is 0.304 e. The fourth-order valence-corrected chi connectivity index (χ4v) is 6.00. The Morgan fingerprint density at radius 1 is 0.375 bits per heavy atom. The fourth-order valence-electron chi connectivity index (χ4n) is 6.00. The first-order valence-corrected chi connectivity index (χ1v) is 18.6. The molecule has 3 nitrogen and oxygen atoms in total. The molecule has 0 spiro atoms. The largest absolute Gasteiger partial charge is 0.481 e. The Bertz CT molecular complexity index is 447. The van der Waals surface area contributed by atoms with Crippen LogP contribution in [-0.4, -0.2) is 35.6 Å². The molecule has 0 aromatic rings. The van der Waals surface area contributed by atoms with Gasteiger partial charge in [-0.15, -0.1) is 0 Å². The number of hydrogen-bond acceptors (Lipinski definition) is 2. The smallest absolute Gasteiger partial charge is 0.304 e. The van der Waals surface area contributed by atoms with Crippen LogP contribution in [0.5, 0.6) is 0 Å². The van der Waals surface area contributed by atoms with Crippen molar-refractivity contribution in [1.82, 2.24) is 4.90 Å². The van der Waals surface area contributed by atoms with E-state index in [-0.39, 0.29) is 6.42 Å². The number of carboxylic acid groups (broad SMARTS) is 1. The SMILES string of the molecule is CCCCCCCCCCCCCCCCCN(CCCCCCCCCCCCCCCCC)CCC(=O)O. The average molecular weight is 566 g/mol. The Balaban J connectivity index is 3.56. The van der Waals surface area contributed by atoms with Gasteiger partial charge in [-0.25, -0.2) is 0 Å². The van der Waals surface area contributed by atoms with Gasteiger partial charge in [0, 0.05) is 6.54 Å². The molecule has 0 aliphatic heterocycles. The third-order valence-electron chi connectivity index (χ3n) is 8.80. The summed E-state index contributed by atoms with van der Waals surface area (Å²) in [5.74, 6) is -0.655. The number of hydrogen-bond donors (Lipinski definition) is 1. The molecule has 0 saturated carbocycles. The predicted octanol–water partition coefficient (Wildman–Crippen LogP) is 12.5. The van der Waals surface area contributed by atoms with Crippen LogP contribution in [0.25, 0.3) is 0 Å². The summed E-state index contributed by atoms with van der Waals surface area (Å²) < 4.78 is 0. The highest BCUT2D eigenvalue weighted by Crippen LogP contribution is 2.15. The zero-order valence-corrected chi connectivity index (χ0v) is 27.8. The van der Waals surface area contributed by atoms with E-state index in [0.717, 1.165) is 19.6 Å². The molecule has 0 aliphatic carbocycles. The summed E-state index contributed by atoms with van der Waals surface area (Å²) in [5.41, 5.74) is 0. The first kappa shape index (κ1) is 39.4. The molecular formula is C37H75NO2. The normalized spacial score (nSPS) is 11.6. The molecule has 0 atom stereocenters. The van der Waals surface area contributed by atoms with Crippen LogP contribution in [-0.2, 0) is 4.79 Å². The number of nitrogens with zero attached hydrogens (tertiary/aromatic N) is 1. The molecule has 0 amide bonds. The number of unbranched alkanes of at least 4 members (excludes halogenated alkanes) is 28. The van der Waals surface area contributed by atoms with Gasteiger partial charge in [-0.3, -0.25) is 4.79 Å². The zero-order valence-electron chi connectivity index (χ0n) is 27.8. The Labute approximate surface area is 253 Å². The van der Waals surface area contributed by atoms with Gasteiger partial charge in [0.05, 0.1) is 6.42 Å². The quantitative estimate of drug-likeness (QED) is 0.0777. The monoisotopic (exact) mass is 566 g/mol. The van der Waals surface area contributed by atoms with Gasteiger partial charge in [0.15, 0.2) is 0 Å².